The third kappa shape index (κ3) is 4.34. The monoisotopic (exact) mass is 457 g/mol. The Morgan fingerprint density at radius 3 is 2.39 bits per heavy atom. The summed E-state index contributed by atoms with van der Waals surface area (Å²) in [5, 5.41) is 0. The molecule has 2 heterocycles. The van der Waals surface area contributed by atoms with Gasteiger partial charge in [-0.1, -0.05) is 41.2 Å². The summed E-state index contributed by atoms with van der Waals surface area (Å²) in [7, 11) is -2.03. The normalized spacial score (nSPS) is 15.7. The third-order valence-electron chi connectivity index (χ3n) is 5.45. The number of hydrogen-bond donors (Lipinski definition) is 0. The van der Waals surface area contributed by atoms with Gasteiger partial charge in [0.15, 0.2) is 0 Å². The van der Waals surface area contributed by atoms with Crippen LogP contribution in [0.25, 0.3) is 16.3 Å². The van der Waals surface area contributed by atoms with Crippen LogP contribution in [0.5, 0.6) is 0 Å². The molecule has 0 spiro atoms. The van der Waals surface area contributed by atoms with Crippen molar-refractivity contribution in [3.8, 4) is 0 Å². The first-order valence-corrected chi connectivity index (χ1v) is 12.1. The number of carbonyl (C=O) groups is 1. The molecular weight excluding hydrogens is 434 g/mol. The number of nitrogens with zero attached hydrogens (tertiary/aromatic N) is 3. The van der Waals surface area contributed by atoms with Crippen molar-refractivity contribution in [1.29, 1.82) is 0 Å². The van der Waals surface area contributed by atoms with E-state index in [-0.39, 0.29) is 28.8 Å². The van der Waals surface area contributed by atoms with Gasteiger partial charge in [-0.15, -0.1) is 0 Å². The molecule has 0 radical (unpaired) electrons. The van der Waals surface area contributed by atoms with Gasteiger partial charge in [0.2, 0.25) is 15.9 Å². The number of rotatable bonds is 4. The lowest BCUT2D eigenvalue weighted by atomic mass is 10.1. The number of benzene rings is 2. The van der Waals surface area contributed by atoms with Gasteiger partial charge in [0.05, 0.1) is 15.1 Å². The minimum absolute atomic E-state index is 0.129. The highest BCUT2D eigenvalue weighted by atomic mass is 32.2. The van der Waals surface area contributed by atoms with Crippen LogP contribution < -0.4 is 4.87 Å². The summed E-state index contributed by atoms with van der Waals surface area (Å²) >= 11 is 1.03. The molecule has 2 aromatic carbocycles. The predicted molar refractivity (Wildman–Crippen MR) is 123 cm³/mol. The largest absolute Gasteiger partial charge is 0.337 e. The Hall–Kier alpha value is -2.75. The van der Waals surface area contributed by atoms with Crippen molar-refractivity contribution in [2.45, 2.75) is 11.8 Å². The molecule has 0 unspecified atom stereocenters. The van der Waals surface area contributed by atoms with Crippen LogP contribution in [0, 0.1) is 6.92 Å². The topological polar surface area (TPSA) is 79.7 Å². The van der Waals surface area contributed by atoms with Gasteiger partial charge in [-0.2, -0.15) is 4.31 Å². The standard InChI is InChI=1S/C22H23N3O4S2/c1-16-3-5-17(6-4-16)7-10-21(26)24-11-13-25(14-12-24)31(28,29)18-8-9-19-20(15-18)30-22(27)23(19)2/h3-10,15H,11-14H2,1-2H3/b10-7+. The zero-order chi connectivity index (χ0) is 22.2. The number of carbonyl (C=O) groups excluding carboxylic acids is 1. The number of thiazole rings is 1. The van der Waals surface area contributed by atoms with E-state index in [1.54, 1.807) is 30.2 Å². The van der Waals surface area contributed by atoms with E-state index in [1.807, 2.05) is 31.2 Å². The van der Waals surface area contributed by atoms with Gasteiger partial charge in [0, 0.05) is 39.3 Å². The molecule has 1 aliphatic heterocycles. The van der Waals surface area contributed by atoms with E-state index in [1.165, 1.54) is 21.0 Å². The average Bonchev–Trinajstić information content (AvgIpc) is 3.06. The minimum atomic E-state index is -3.69. The molecule has 1 fully saturated rings. The average molecular weight is 458 g/mol. The van der Waals surface area contributed by atoms with Crippen LogP contribution in [0.15, 0.2) is 58.2 Å². The van der Waals surface area contributed by atoms with Gasteiger partial charge >= 0.3 is 4.87 Å². The molecule has 0 atom stereocenters. The van der Waals surface area contributed by atoms with E-state index in [0.717, 1.165) is 22.5 Å². The molecule has 1 aromatic heterocycles. The van der Waals surface area contributed by atoms with Crippen LogP contribution in [0.2, 0.25) is 0 Å². The molecule has 1 aliphatic rings. The summed E-state index contributed by atoms with van der Waals surface area (Å²) in [6.45, 7) is 3.13. The van der Waals surface area contributed by atoms with Crippen LogP contribution in [0.1, 0.15) is 11.1 Å². The molecule has 1 saturated heterocycles. The Balaban J connectivity index is 1.43. The summed E-state index contributed by atoms with van der Waals surface area (Å²) < 4.78 is 29.7. The Bertz CT molecular complexity index is 1310. The quantitative estimate of drug-likeness (QED) is 0.564. The van der Waals surface area contributed by atoms with Crippen molar-refractivity contribution in [3.05, 3.63) is 69.3 Å². The first-order chi connectivity index (χ1) is 14.8. The number of sulfonamides is 1. The molecule has 0 saturated carbocycles. The van der Waals surface area contributed by atoms with Gasteiger partial charge in [0.1, 0.15) is 0 Å². The van der Waals surface area contributed by atoms with Crippen molar-refractivity contribution >= 4 is 43.6 Å². The second-order valence-electron chi connectivity index (χ2n) is 7.53. The van der Waals surface area contributed by atoms with Crippen LogP contribution in [-0.4, -0.2) is 54.3 Å². The summed E-state index contributed by atoms with van der Waals surface area (Å²) in [5.74, 6) is -0.131. The molecule has 3 aromatic rings. The molecule has 0 aliphatic carbocycles. The lowest BCUT2D eigenvalue weighted by Gasteiger charge is -2.33. The summed E-state index contributed by atoms with van der Waals surface area (Å²) in [6, 6.07) is 12.6. The molecule has 31 heavy (non-hydrogen) atoms. The number of amides is 1. The fraction of sp³-hybridized carbons (Fsp3) is 0.273. The molecule has 0 N–H and O–H groups in total. The molecule has 162 valence electrons. The third-order valence-corrected chi connectivity index (χ3v) is 8.34. The van der Waals surface area contributed by atoms with E-state index < -0.39 is 10.0 Å². The van der Waals surface area contributed by atoms with E-state index in [9.17, 15) is 18.0 Å². The van der Waals surface area contributed by atoms with Crippen molar-refractivity contribution in [2.24, 2.45) is 7.05 Å². The Labute approximate surface area is 184 Å². The first-order valence-electron chi connectivity index (χ1n) is 9.89. The lowest BCUT2D eigenvalue weighted by molar-refractivity contribution is -0.127. The Kier molecular flexibility index (Phi) is 5.83. The molecule has 9 heteroatoms. The molecule has 4 rings (SSSR count). The predicted octanol–water partition coefficient (Wildman–Crippen LogP) is 2.45. The van der Waals surface area contributed by atoms with Gasteiger partial charge in [0.25, 0.3) is 0 Å². The highest BCUT2D eigenvalue weighted by Crippen LogP contribution is 2.24. The molecule has 1 amide bonds. The fourth-order valence-electron chi connectivity index (χ4n) is 3.52. The van der Waals surface area contributed by atoms with Crippen LogP contribution in [0.3, 0.4) is 0 Å². The maximum Gasteiger partial charge on any atom is 0.307 e. The van der Waals surface area contributed by atoms with Gasteiger partial charge in [-0.25, -0.2) is 8.42 Å². The van der Waals surface area contributed by atoms with Crippen LogP contribution in [-0.2, 0) is 21.9 Å². The second kappa shape index (κ2) is 8.41. The summed E-state index contributed by atoms with van der Waals surface area (Å²) in [5.41, 5.74) is 2.81. The van der Waals surface area contributed by atoms with E-state index >= 15 is 0 Å². The highest BCUT2D eigenvalue weighted by Gasteiger charge is 2.30. The van der Waals surface area contributed by atoms with E-state index in [4.69, 9.17) is 0 Å². The SMILES string of the molecule is Cc1ccc(/C=C/C(=O)N2CCN(S(=O)(=O)c3ccc4c(c3)sc(=O)n4C)CC2)cc1. The van der Waals surface area contributed by atoms with E-state index in [0.29, 0.717) is 23.3 Å². The number of fused-ring (bicyclic) bond motifs is 1. The maximum atomic E-state index is 13.1. The smallest absolute Gasteiger partial charge is 0.307 e. The minimum Gasteiger partial charge on any atom is -0.337 e. The fourth-order valence-corrected chi connectivity index (χ4v) is 5.97. The maximum absolute atomic E-state index is 13.1. The van der Waals surface area contributed by atoms with E-state index in [2.05, 4.69) is 0 Å². The Morgan fingerprint density at radius 1 is 1.03 bits per heavy atom. The zero-order valence-corrected chi connectivity index (χ0v) is 18.9. The molecule has 0 bridgehead atoms. The van der Waals surface area contributed by atoms with Crippen LogP contribution in [0.4, 0.5) is 0 Å². The summed E-state index contributed by atoms with van der Waals surface area (Å²) in [4.78, 5) is 26.0. The number of piperazine rings is 1. The lowest BCUT2D eigenvalue weighted by Crippen LogP contribution is -2.50. The highest BCUT2D eigenvalue weighted by molar-refractivity contribution is 7.89. The van der Waals surface area contributed by atoms with Gasteiger partial charge < -0.3 is 9.47 Å². The van der Waals surface area contributed by atoms with Gasteiger partial charge in [-0.3, -0.25) is 9.59 Å². The zero-order valence-electron chi connectivity index (χ0n) is 17.3. The van der Waals surface area contributed by atoms with Crippen molar-refractivity contribution in [1.82, 2.24) is 13.8 Å². The van der Waals surface area contributed by atoms with Crippen molar-refractivity contribution in [3.63, 3.8) is 0 Å². The first kappa shape index (κ1) is 21.5. The number of hydrogen-bond acceptors (Lipinski definition) is 5. The Morgan fingerprint density at radius 2 is 1.71 bits per heavy atom. The molecule has 7 nitrogen and oxygen atoms in total. The molecular formula is C22H23N3O4S2. The van der Waals surface area contributed by atoms with Gasteiger partial charge in [-0.05, 0) is 36.8 Å². The second-order valence-corrected chi connectivity index (χ2v) is 10.5. The number of aromatic nitrogens is 1. The van der Waals surface area contributed by atoms with Crippen molar-refractivity contribution < 1.29 is 13.2 Å². The summed E-state index contributed by atoms with van der Waals surface area (Å²) in [6.07, 6.45) is 3.30. The van der Waals surface area contributed by atoms with Crippen molar-refractivity contribution in [2.75, 3.05) is 26.2 Å². The van der Waals surface area contributed by atoms with Crippen LogP contribution >= 0.6 is 11.3 Å². The number of aryl methyl sites for hydroxylation is 2.